The number of rotatable bonds is 3. The van der Waals surface area contributed by atoms with E-state index in [1.165, 1.54) is 29.5 Å². The van der Waals surface area contributed by atoms with Gasteiger partial charge in [-0.15, -0.1) is 11.3 Å². The summed E-state index contributed by atoms with van der Waals surface area (Å²) < 4.78 is 12.9. The average Bonchev–Trinajstić information content (AvgIpc) is 2.74. The van der Waals surface area contributed by atoms with Gasteiger partial charge in [0.15, 0.2) is 5.78 Å². The molecule has 1 aromatic carbocycles. The molecule has 0 aliphatic carbocycles. The van der Waals surface area contributed by atoms with Crippen LogP contribution in [-0.2, 0) is 6.42 Å². The molecule has 5 heteroatoms. The summed E-state index contributed by atoms with van der Waals surface area (Å²) in [6, 6.07) is 3.96. The fourth-order valence-corrected chi connectivity index (χ4v) is 2.04. The third kappa shape index (κ3) is 2.46. The Labute approximate surface area is 101 Å². The lowest BCUT2D eigenvalue weighted by atomic mass is 10.1. The zero-order valence-electron chi connectivity index (χ0n) is 8.11. The third-order valence-electron chi connectivity index (χ3n) is 2.04. The van der Waals surface area contributed by atoms with E-state index in [0.717, 1.165) is 5.01 Å². The monoisotopic (exact) mass is 255 g/mol. The van der Waals surface area contributed by atoms with E-state index in [4.69, 9.17) is 11.6 Å². The van der Waals surface area contributed by atoms with Crippen LogP contribution in [0.15, 0.2) is 29.8 Å². The quantitative estimate of drug-likeness (QED) is 0.787. The van der Waals surface area contributed by atoms with Crippen molar-refractivity contribution in [2.24, 2.45) is 0 Å². The van der Waals surface area contributed by atoms with E-state index in [9.17, 15) is 9.18 Å². The number of ketones is 1. The average molecular weight is 256 g/mol. The van der Waals surface area contributed by atoms with Crippen LogP contribution in [-0.4, -0.2) is 10.8 Å². The molecule has 0 saturated carbocycles. The minimum atomic E-state index is -0.521. The summed E-state index contributed by atoms with van der Waals surface area (Å²) >= 11 is 7.01. The molecular formula is C11H7ClFNOS. The maximum atomic E-state index is 12.9. The first-order chi connectivity index (χ1) is 7.66. The Morgan fingerprint density at radius 1 is 1.50 bits per heavy atom. The van der Waals surface area contributed by atoms with E-state index in [2.05, 4.69) is 4.98 Å². The van der Waals surface area contributed by atoms with E-state index in [0.29, 0.717) is 5.56 Å². The zero-order valence-corrected chi connectivity index (χ0v) is 9.69. The summed E-state index contributed by atoms with van der Waals surface area (Å²) in [5.41, 5.74) is 0.404. The minimum absolute atomic E-state index is 0.0370. The van der Waals surface area contributed by atoms with Crippen LogP contribution in [0, 0.1) is 5.82 Å². The molecule has 0 spiro atoms. The molecular weight excluding hydrogens is 249 g/mol. The van der Waals surface area contributed by atoms with Crippen molar-refractivity contribution in [3.05, 3.63) is 51.2 Å². The van der Waals surface area contributed by atoms with Gasteiger partial charge in [-0.3, -0.25) is 4.79 Å². The van der Waals surface area contributed by atoms with Crippen LogP contribution >= 0.6 is 22.9 Å². The second kappa shape index (κ2) is 4.72. The molecule has 0 fully saturated rings. The van der Waals surface area contributed by atoms with Crippen LogP contribution in [0.3, 0.4) is 0 Å². The molecule has 0 unspecified atom stereocenters. The highest BCUT2D eigenvalue weighted by Gasteiger charge is 2.10. The fourth-order valence-electron chi connectivity index (χ4n) is 1.25. The van der Waals surface area contributed by atoms with Gasteiger partial charge in [0, 0.05) is 17.1 Å². The maximum Gasteiger partial charge on any atom is 0.169 e. The second-order valence-electron chi connectivity index (χ2n) is 3.15. The van der Waals surface area contributed by atoms with Gasteiger partial charge in [0.2, 0.25) is 0 Å². The lowest BCUT2D eigenvalue weighted by Crippen LogP contribution is -2.03. The molecule has 0 aliphatic rings. The van der Waals surface area contributed by atoms with Gasteiger partial charge in [0.1, 0.15) is 10.8 Å². The van der Waals surface area contributed by atoms with Gasteiger partial charge in [-0.1, -0.05) is 11.6 Å². The highest BCUT2D eigenvalue weighted by Crippen LogP contribution is 2.17. The van der Waals surface area contributed by atoms with Gasteiger partial charge in [0.05, 0.1) is 11.4 Å². The Bertz CT molecular complexity index is 513. The largest absolute Gasteiger partial charge is 0.294 e. The molecule has 2 aromatic rings. The van der Waals surface area contributed by atoms with E-state index in [1.54, 1.807) is 11.6 Å². The number of thiazole rings is 1. The Balaban J connectivity index is 2.18. The molecule has 2 rings (SSSR count). The minimum Gasteiger partial charge on any atom is -0.294 e. The van der Waals surface area contributed by atoms with Crippen molar-refractivity contribution in [1.82, 2.24) is 4.98 Å². The molecule has 0 N–H and O–H groups in total. The molecule has 0 amide bonds. The topological polar surface area (TPSA) is 30.0 Å². The SMILES string of the molecule is O=C(Cc1nccs1)c1ccc(F)c(Cl)c1. The summed E-state index contributed by atoms with van der Waals surface area (Å²) in [4.78, 5) is 15.8. The number of halogens is 2. The van der Waals surface area contributed by atoms with E-state index in [-0.39, 0.29) is 17.2 Å². The van der Waals surface area contributed by atoms with Gasteiger partial charge in [-0.25, -0.2) is 9.37 Å². The van der Waals surface area contributed by atoms with Crippen molar-refractivity contribution in [1.29, 1.82) is 0 Å². The molecule has 0 aliphatic heterocycles. The number of Topliss-reactive ketones (excluding diaryl/α,β-unsaturated/α-hetero) is 1. The van der Waals surface area contributed by atoms with Crippen molar-refractivity contribution in [3.8, 4) is 0 Å². The Hall–Kier alpha value is -1.26. The van der Waals surface area contributed by atoms with Gasteiger partial charge in [0.25, 0.3) is 0 Å². The highest BCUT2D eigenvalue weighted by atomic mass is 35.5. The molecule has 0 saturated heterocycles. The number of benzene rings is 1. The van der Waals surface area contributed by atoms with Gasteiger partial charge in [-0.2, -0.15) is 0 Å². The Morgan fingerprint density at radius 3 is 2.94 bits per heavy atom. The van der Waals surface area contributed by atoms with Crippen molar-refractivity contribution >= 4 is 28.7 Å². The molecule has 0 radical (unpaired) electrons. The number of hydrogen-bond acceptors (Lipinski definition) is 3. The maximum absolute atomic E-state index is 12.9. The summed E-state index contributed by atoms with van der Waals surface area (Å²) in [6.07, 6.45) is 1.87. The van der Waals surface area contributed by atoms with Crippen molar-refractivity contribution in [3.63, 3.8) is 0 Å². The van der Waals surface area contributed by atoms with Crippen LogP contribution in [0.4, 0.5) is 4.39 Å². The van der Waals surface area contributed by atoms with Crippen molar-refractivity contribution in [2.45, 2.75) is 6.42 Å². The van der Waals surface area contributed by atoms with Crippen LogP contribution < -0.4 is 0 Å². The van der Waals surface area contributed by atoms with Crippen molar-refractivity contribution < 1.29 is 9.18 Å². The smallest absolute Gasteiger partial charge is 0.169 e. The van der Waals surface area contributed by atoms with Gasteiger partial charge >= 0.3 is 0 Å². The molecule has 82 valence electrons. The molecule has 1 aromatic heterocycles. The zero-order chi connectivity index (χ0) is 11.5. The van der Waals surface area contributed by atoms with E-state index in [1.807, 2.05) is 0 Å². The highest BCUT2D eigenvalue weighted by molar-refractivity contribution is 7.09. The van der Waals surface area contributed by atoms with E-state index >= 15 is 0 Å². The number of carbonyl (C=O) groups is 1. The summed E-state index contributed by atoms with van der Waals surface area (Å²) in [6.45, 7) is 0. The fraction of sp³-hybridized carbons (Fsp3) is 0.0909. The van der Waals surface area contributed by atoms with Crippen LogP contribution in [0.25, 0.3) is 0 Å². The number of hydrogen-bond donors (Lipinski definition) is 0. The van der Waals surface area contributed by atoms with Crippen LogP contribution in [0.2, 0.25) is 5.02 Å². The molecule has 2 nitrogen and oxygen atoms in total. The molecule has 0 atom stereocenters. The predicted octanol–water partition coefficient (Wildman–Crippen LogP) is 3.36. The van der Waals surface area contributed by atoms with Crippen LogP contribution in [0.1, 0.15) is 15.4 Å². The Morgan fingerprint density at radius 2 is 2.31 bits per heavy atom. The first-order valence-electron chi connectivity index (χ1n) is 4.53. The van der Waals surface area contributed by atoms with Gasteiger partial charge in [-0.05, 0) is 18.2 Å². The van der Waals surface area contributed by atoms with Crippen molar-refractivity contribution in [2.75, 3.05) is 0 Å². The van der Waals surface area contributed by atoms with E-state index < -0.39 is 5.82 Å². The number of aromatic nitrogens is 1. The number of carbonyl (C=O) groups excluding carboxylic acids is 1. The second-order valence-corrected chi connectivity index (χ2v) is 4.54. The summed E-state index contributed by atoms with van der Waals surface area (Å²) in [5, 5.41) is 2.51. The molecule has 1 heterocycles. The molecule has 0 bridgehead atoms. The van der Waals surface area contributed by atoms with Gasteiger partial charge < -0.3 is 0 Å². The first-order valence-corrected chi connectivity index (χ1v) is 5.79. The molecule has 16 heavy (non-hydrogen) atoms. The third-order valence-corrected chi connectivity index (χ3v) is 3.11. The lowest BCUT2D eigenvalue weighted by Gasteiger charge is -2.00. The normalized spacial score (nSPS) is 10.4. The lowest BCUT2D eigenvalue weighted by molar-refractivity contribution is 0.0993. The van der Waals surface area contributed by atoms with Crippen LogP contribution in [0.5, 0.6) is 0 Å². The summed E-state index contributed by atoms with van der Waals surface area (Å²) in [5.74, 6) is -0.635. The standard InChI is InChI=1S/C11H7ClFNOS/c12-8-5-7(1-2-9(8)13)10(15)6-11-14-3-4-16-11/h1-5H,6H2. The summed E-state index contributed by atoms with van der Waals surface area (Å²) in [7, 11) is 0. The first kappa shape index (κ1) is 11.2. The Kier molecular flexibility index (Phi) is 3.31. The predicted molar refractivity (Wildman–Crippen MR) is 61.6 cm³/mol. The number of nitrogens with zero attached hydrogens (tertiary/aromatic N) is 1.